The molecule has 3 aliphatic heterocycles. The normalized spacial score (nSPS) is 32.4. The predicted octanol–water partition coefficient (Wildman–Crippen LogP) is 5.67. The van der Waals surface area contributed by atoms with Gasteiger partial charge in [-0.15, -0.1) is 0 Å². The van der Waals surface area contributed by atoms with Crippen LogP contribution in [-0.4, -0.2) is 65.4 Å². The van der Waals surface area contributed by atoms with Gasteiger partial charge in [0.1, 0.15) is 11.9 Å². The summed E-state index contributed by atoms with van der Waals surface area (Å²) in [6.07, 6.45) is 15.2. The zero-order chi connectivity index (χ0) is 27.9. The van der Waals surface area contributed by atoms with Crippen molar-refractivity contribution in [3.05, 3.63) is 29.1 Å². The molecular weight excluding hydrogens is 503 g/mol. The molecular formula is C33H49FN4O2. The largest absolute Gasteiger partial charge is 0.372 e. The number of halogens is 1. The summed E-state index contributed by atoms with van der Waals surface area (Å²) in [5.74, 6) is 0.691. The van der Waals surface area contributed by atoms with Crippen molar-refractivity contribution >= 4 is 17.5 Å². The lowest BCUT2D eigenvalue weighted by atomic mass is 9.68. The Morgan fingerprint density at radius 2 is 1.70 bits per heavy atom. The first-order valence-electron chi connectivity index (χ1n) is 16.2. The van der Waals surface area contributed by atoms with Crippen LogP contribution < -0.4 is 10.6 Å². The van der Waals surface area contributed by atoms with Gasteiger partial charge in [-0.3, -0.25) is 14.5 Å². The smallest absolute Gasteiger partial charge is 0.243 e. The molecule has 1 aromatic rings. The number of nitrogens with zero attached hydrogens (tertiary/aromatic N) is 2. The van der Waals surface area contributed by atoms with Gasteiger partial charge in [-0.05, 0) is 69.4 Å². The van der Waals surface area contributed by atoms with Gasteiger partial charge in [0.15, 0.2) is 0 Å². The molecule has 6 nitrogen and oxygen atoms in total. The number of fused-ring (bicyclic) bond motifs is 3. The van der Waals surface area contributed by atoms with Gasteiger partial charge < -0.3 is 15.5 Å². The van der Waals surface area contributed by atoms with Crippen LogP contribution in [0.5, 0.6) is 0 Å². The lowest BCUT2D eigenvalue weighted by Gasteiger charge is -2.39. The molecule has 40 heavy (non-hydrogen) atoms. The molecule has 1 spiro atoms. The summed E-state index contributed by atoms with van der Waals surface area (Å²) in [6.45, 7) is 6.67. The number of nitrogens with one attached hydrogen (secondary N) is 2. The summed E-state index contributed by atoms with van der Waals surface area (Å²) in [7, 11) is 0. The standard InChI is InChI=1S/C33H49FN4O2/c1-22-13-14-27(34)29-30(22)36-31(33(29)16-8-6-4-3-5-7-9-17-33)32(40)35-25-11-10-12-26(19-25)37-20-24-15-18-38(23(2)39)28(24)21-37/h13-14,24-26,28,31,36H,3-12,15-21H2,1-2H3,(H,35,40)/t24-,25+,26+,28+,31?/m0/s1. The number of hydrogen-bond donors (Lipinski definition) is 2. The van der Waals surface area contributed by atoms with Crippen molar-refractivity contribution in [1.82, 2.24) is 15.1 Å². The maximum atomic E-state index is 15.6. The Morgan fingerprint density at radius 1 is 0.975 bits per heavy atom. The van der Waals surface area contributed by atoms with E-state index in [1.54, 1.807) is 13.0 Å². The summed E-state index contributed by atoms with van der Waals surface area (Å²) < 4.78 is 15.6. The van der Waals surface area contributed by atoms with Gasteiger partial charge in [-0.25, -0.2) is 4.39 Å². The molecule has 2 saturated heterocycles. The molecule has 0 bridgehead atoms. The molecule has 0 radical (unpaired) electrons. The minimum atomic E-state index is -0.483. The maximum absolute atomic E-state index is 15.6. The number of carbonyl (C=O) groups is 2. The molecule has 2 amide bonds. The maximum Gasteiger partial charge on any atom is 0.243 e. The predicted molar refractivity (Wildman–Crippen MR) is 157 cm³/mol. The molecule has 2 aliphatic carbocycles. The van der Waals surface area contributed by atoms with Crippen LogP contribution in [0, 0.1) is 18.7 Å². The Balaban J connectivity index is 1.18. The number of carbonyl (C=O) groups excluding carboxylic acids is 2. The Morgan fingerprint density at radius 3 is 2.42 bits per heavy atom. The Labute approximate surface area is 239 Å². The SMILES string of the molecule is CC(=O)N1CC[C@H]2CN([C@@H]3CCC[C@@H](NC(=O)C4Nc5c(C)ccc(F)c5C45CCCCCCCCC5)C3)C[C@H]21. The zero-order valence-electron chi connectivity index (χ0n) is 24.7. The first kappa shape index (κ1) is 28.0. The van der Waals surface area contributed by atoms with Gasteiger partial charge in [0.05, 0.1) is 0 Å². The molecule has 5 atom stereocenters. The first-order valence-corrected chi connectivity index (χ1v) is 16.2. The van der Waals surface area contributed by atoms with Crippen molar-refractivity contribution < 1.29 is 14.0 Å². The van der Waals surface area contributed by atoms with E-state index < -0.39 is 11.5 Å². The van der Waals surface area contributed by atoms with E-state index in [0.717, 1.165) is 107 Å². The molecule has 2 N–H and O–H groups in total. The van der Waals surface area contributed by atoms with Crippen molar-refractivity contribution in [2.45, 2.75) is 133 Å². The fourth-order valence-corrected chi connectivity index (χ4v) is 9.12. The fraction of sp³-hybridized carbons (Fsp3) is 0.758. The van der Waals surface area contributed by atoms with Gasteiger partial charge in [0.25, 0.3) is 0 Å². The van der Waals surface area contributed by atoms with E-state index >= 15 is 4.39 Å². The molecule has 1 aromatic carbocycles. The number of benzene rings is 1. The third-order valence-electron chi connectivity index (χ3n) is 11.2. The molecule has 5 aliphatic rings. The lowest BCUT2D eigenvalue weighted by molar-refractivity contribution is -0.130. The van der Waals surface area contributed by atoms with Gasteiger partial charge in [0.2, 0.25) is 11.8 Å². The van der Waals surface area contributed by atoms with Gasteiger partial charge in [0, 0.05) is 61.3 Å². The minimum Gasteiger partial charge on any atom is -0.372 e. The summed E-state index contributed by atoms with van der Waals surface area (Å²) in [6, 6.07) is 3.99. The molecule has 220 valence electrons. The fourth-order valence-electron chi connectivity index (χ4n) is 9.12. The van der Waals surface area contributed by atoms with E-state index in [4.69, 9.17) is 0 Å². The Bertz CT molecular complexity index is 1100. The van der Waals surface area contributed by atoms with Gasteiger partial charge in [-0.1, -0.05) is 51.0 Å². The molecule has 1 unspecified atom stereocenters. The highest BCUT2D eigenvalue weighted by Crippen LogP contribution is 2.51. The van der Waals surface area contributed by atoms with Crippen LogP contribution >= 0.6 is 0 Å². The number of hydrogen-bond acceptors (Lipinski definition) is 4. The van der Waals surface area contributed by atoms with E-state index in [2.05, 4.69) is 20.4 Å². The van der Waals surface area contributed by atoms with Crippen LogP contribution in [0.1, 0.15) is 108 Å². The van der Waals surface area contributed by atoms with Crippen LogP contribution in [0.25, 0.3) is 0 Å². The summed E-state index contributed by atoms with van der Waals surface area (Å²) in [4.78, 5) is 31.0. The summed E-state index contributed by atoms with van der Waals surface area (Å²) in [5.41, 5.74) is 2.18. The van der Waals surface area contributed by atoms with Crippen molar-refractivity contribution in [2.75, 3.05) is 25.0 Å². The molecule has 2 saturated carbocycles. The quantitative estimate of drug-likeness (QED) is 0.507. The second-order valence-electron chi connectivity index (χ2n) is 13.6. The minimum absolute atomic E-state index is 0.0544. The summed E-state index contributed by atoms with van der Waals surface area (Å²) >= 11 is 0. The third kappa shape index (κ3) is 5.16. The monoisotopic (exact) mass is 552 g/mol. The first-order chi connectivity index (χ1) is 19.4. The zero-order valence-corrected chi connectivity index (χ0v) is 24.7. The molecule has 7 heteroatoms. The average molecular weight is 553 g/mol. The van der Waals surface area contributed by atoms with Crippen molar-refractivity contribution in [1.29, 1.82) is 0 Å². The van der Waals surface area contributed by atoms with Gasteiger partial charge >= 0.3 is 0 Å². The molecule has 3 heterocycles. The highest BCUT2D eigenvalue weighted by atomic mass is 19.1. The van der Waals surface area contributed by atoms with Crippen LogP contribution in [0.4, 0.5) is 10.1 Å². The van der Waals surface area contributed by atoms with Crippen LogP contribution in [0.3, 0.4) is 0 Å². The molecule has 4 fully saturated rings. The third-order valence-corrected chi connectivity index (χ3v) is 11.2. The van der Waals surface area contributed by atoms with E-state index in [1.165, 1.54) is 19.3 Å². The second-order valence-corrected chi connectivity index (χ2v) is 13.6. The van der Waals surface area contributed by atoms with Crippen LogP contribution in [0.15, 0.2) is 12.1 Å². The highest BCUT2D eigenvalue weighted by molar-refractivity contribution is 5.91. The van der Waals surface area contributed by atoms with Crippen molar-refractivity contribution in [3.63, 3.8) is 0 Å². The van der Waals surface area contributed by atoms with Crippen LogP contribution in [-0.2, 0) is 15.0 Å². The number of rotatable bonds is 3. The van der Waals surface area contributed by atoms with Crippen molar-refractivity contribution in [3.8, 4) is 0 Å². The summed E-state index contributed by atoms with van der Waals surface area (Å²) in [5, 5.41) is 7.07. The highest BCUT2D eigenvalue weighted by Gasteiger charge is 2.52. The second kappa shape index (κ2) is 11.6. The van der Waals surface area contributed by atoms with Crippen LogP contribution in [0.2, 0.25) is 0 Å². The van der Waals surface area contributed by atoms with E-state index in [9.17, 15) is 9.59 Å². The van der Waals surface area contributed by atoms with E-state index in [0.29, 0.717) is 18.0 Å². The Kier molecular flexibility index (Phi) is 8.13. The van der Waals surface area contributed by atoms with Gasteiger partial charge in [-0.2, -0.15) is 0 Å². The van der Waals surface area contributed by atoms with E-state index in [1.807, 2.05) is 13.0 Å². The topological polar surface area (TPSA) is 64.7 Å². The number of aryl methyl sites for hydroxylation is 1. The number of anilines is 1. The van der Waals surface area contributed by atoms with E-state index in [-0.39, 0.29) is 23.7 Å². The molecule has 0 aromatic heterocycles. The molecule has 6 rings (SSSR count). The number of amides is 2. The van der Waals surface area contributed by atoms with Crippen molar-refractivity contribution in [2.24, 2.45) is 5.92 Å². The average Bonchev–Trinajstić information content (AvgIpc) is 3.63. The lowest BCUT2D eigenvalue weighted by Crippen LogP contribution is -2.54. The number of likely N-dealkylation sites (tertiary alicyclic amines) is 2. The Hall–Kier alpha value is -2.15.